The maximum atomic E-state index is 5.37. The van der Waals surface area contributed by atoms with E-state index in [0.717, 1.165) is 56.3 Å². The number of hydrogen-bond acceptors (Lipinski definition) is 4. The lowest BCUT2D eigenvalue weighted by Crippen LogP contribution is -1.94. The molecule has 0 aliphatic heterocycles. The van der Waals surface area contributed by atoms with E-state index in [1.54, 1.807) is 0 Å². The van der Waals surface area contributed by atoms with Crippen LogP contribution in [0.5, 0.6) is 0 Å². The lowest BCUT2D eigenvalue weighted by Gasteiger charge is -2.12. The normalized spacial score (nSPS) is 11.4. The maximum absolute atomic E-state index is 5.37. The molecule has 0 unspecified atom stereocenters. The Hall–Kier alpha value is -2.95. The van der Waals surface area contributed by atoms with Crippen molar-refractivity contribution in [1.29, 1.82) is 0 Å². The number of hydrogen-bond donors (Lipinski definition) is 1. The molecule has 126 valence electrons. The Balaban J connectivity index is 2.10. The van der Waals surface area contributed by atoms with Crippen LogP contribution < -0.4 is 0 Å². The highest BCUT2D eigenvalue weighted by Crippen LogP contribution is 2.37. The second-order valence-corrected chi connectivity index (χ2v) is 6.53. The first-order valence-electron chi connectivity index (χ1n) is 8.32. The topological polar surface area (TPSA) is 67.6 Å². The highest BCUT2D eigenvalue weighted by molar-refractivity contribution is 5.97. The highest BCUT2D eigenvalue weighted by Gasteiger charge is 2.18. The van der Waals surface area contributed by atoms with Crippen molar-refractivity contribution in [3.8, 4) is 22.3 Å². The van der Waals surface area contributed by atoms with Gasteiger partial charge in [0.15, 0.2) is 0 Å². The van der Waals surface area contributed by atoms with Crippen molar-refractivity contribution in [2.75, 3.05) is 0 Å². The van der Waals surface area contributed by atoms with Crippen LogP contribution in [0.2, 0.25) is 0 Å². The second kappa shape index (κ2) is 5.55. The molecule has 1 N–H and O–H groups in total. The lowest BCUT2D eigenvalue weighted by atomic mass is 9.94. The summed E-state index contributed by atoms with van der Waals surface area (Å²) in [4.78, 5) is 12.6. The van der Waals surface area contributed by atoms with Crippen molar-refractivity contribution in [2.24, 2.45) is 0 Å². The summed E-state index contributed by atoms with van der Waals surface area (Å²) in [5.41, 5.74) is 9.37. The van der Waals surface area contributed by atoms with E-state index in [0.29, 0.717) is 0 Å². The van der Waals surface area contributed by atoms with Crippen molar-refractivity contribution >= 4 is 11.0 Å². The summed E-state index contributed by atoms with van der Waals surface area (Å²) < 4.78 is 5.37. The number of aromatic amines is 1. The molecule has 0 radical (unpaired) electrons. The number of nitrogens with one attached hydrogen (secondary N) is 1. The van der Waals surface area contributed by atoms with Crippen molar-refractivity contribution in [3.63, 3.8) is 0 Å². The lowest BCUT2D eigenvalue weighted by molar-refractivity contribution is 0.393. The number of aryl methyl sites for hydroxylation is 5. The van der Waals surface area contributed by atoms with E-state index >= 15 is 0 Å². The van der Waals surface area contributed by atoms with Crippen molar-refractivity contribution in [3.05, 3.63) is 52.9 Å². The standard InChI is InChI=1S/C20H20N4O/c1-10-6-7-21-11(2)18(10)16-8-15(19-12(3)24-25-13(19)4)9-17-20(16)23-14(5)22-17/h6-9H,1-5H3,(H,22,23). The van der Waals surface area contributed by atoms with E-state index in [1.165, 1.54) is 5.56 Å². The van der Waals surface area contributed by atoms with Gasteiger partial charge in [0.2, 0.25) is 0 Å². The molecule has 3 heterocycles. The van der Waals surface area contributed by atoms with Gasteiger partial charge in [-0.05, 0) is 63.9 Å². The molecule has 4 aromatic rings. The smallest absolute Gasteiger partial charge is 0.141 e. The molecule has 25 heavy (non-hydrogen) atoms. The van der Waals surface area contributed by atoms with E-state index in [2.05, 4.69) is 34.2 Å². The van der Waals surface area contributed by atoms with E-state index < -0.39 is 0 Å². The second-order valence-electron chi connectivity index (χ2n) is 6.53. The number of H-pyrrole nitrogens is 1. The van der Waals surface area contributed by atoms with Gasteiger partial charge in [-0.15, -0.1) is 0 Å². The van der Waals surface area contributed by atoms with Gasteiger partial charge < -0.3 is 9.51 Å². The molecule has 5 heteroatoms. The summed E-state index contributed by atoms with van der Waals surface area (Å²) in [6, 6.07) is 6.33. The quantitative estimate of drug-likeness (QED) is 0.571. The molecule has 0 saturated carbocycles. The van der Waals surface area contributed by atoms with E-state index in [9.17, 15) is 0 Å². The summed E-state index contributed by atoms with van der Waals surface area (Å²) in [6.45, 7) is 10.0. The summed E-state index contributed by atoms with van der Waals surface area (Å²) in [5, 5.41) is 4.10. The van der Waals surface area contributed by atoms with Crippen LogP contribution in [-0.2, 0) is 0 Å². The van der Waals surface area contributed by atoms with Gasteiger partial charge in [-0.25, -0.2) is 4.98 Å². The van der Waals surface area contributed by atoms with Crippen LogP contribution >= 0.6 is 0 Å². The molecule has 0 fully saturated rings. The van der Waals surface area contributed by atoms with Gasteiger partial charge >= 0.3 is 0 Å². The molecule has 0 atom stereocenters. The van der Waals surface area contributed by atoms with Crippen LogP contribution in [0.25, 0.3) is 33.3 Å². The Morgan fingerprint density at radius 3 is 2.44 bits per heavy atom. The summed E-state index contributed by atoms with van der Waals surface area (Å²) in [6.07, 6.45) is 1.85. The highest BCUT2D eigenvalue weighted by atomic mass is 16.5. The van der Waals surface area contributed by atoms with Crippen LogP contribution in [0, 0.1) is 34.6 Å². The molecule has 4 rings (SSSR count). The number of nitrogens with zero attached hydrogens (tertiary/aromatic N) is 3. The van der Waals surface area contributed by atoms with Gasteiger partial charge in [0.25, 0.3) is 0 Å². The molecule has 1 aromatic carbocycles. The van der Waals surface area contributed by atoms with Gasteiger partial charge in [-0.1, -0.05) is 5.16 Å². The minimum absolute atomic E-state index is 0.818. The molecule has 0 saturated heterocycles. The largest absolute Gasteiger partial charge is 0.361 e. The molecule has 5 nitrogen and oxygen atoms in total. The fraction of sp³-hybridized carbons (Fsp3) is 0.250. The number of fused-ring (bicyclic) bond motifs is 1. The van der Waals surface area contributed by atoms with Crippen LogP contribution in [0.3, 0.4) is 0 Å². The van der Waals surface area contributed by atoms with Gasteiger partial charge in [0, 0.05) is 28.6 Å². The molecule has 0 aliphatic carbocycles. The van der Waals surface area contributed by atoms with Crippen molar-refractivity contribution in [2.45, 2.75) is 34.6 Å². The maximum Gasteiger partial charge on any atom is 0.141 e. The van der Waals surface area contributed by atoms with E-state index in [-0.39, 0.29) is 0 Å². The van der Waals surface area contributed by atoms with Gasteiger partial charge in [0.05, 0.1) is 16.7 Å². The third-order valence-electron chi connectivity index (χ3n) is 4.65. The monoisotopic (exact) mass is 332 g/mol. The van der Waals surface area contributed by atoms with Crippen molar-refractivity contribution < 1.29 is 4.52 Å². The Morgan fingerprint density at radius 2 is 1.76 bits per heavy atom. The molecule has 3 aromatic heterocycles. The number of pyridine rings is 1. The minimum Gasteiger partial charge on any atom is -0.361 e. The first-order valence-corrected chi connectivity index (χ1v) is 8.32. The third kappa shape index (κ3) is 2.43. The third-order valence-corrected chi connectivity index (χ3v) is 4.65. The Kier molecular flexibility index (Phi) is 3.46. The van der Waals surface area contributed by atoms with Crippen molar-refractivity contribution in [1.82, 2.24) is 20.1 Å². The zero-order valence-corrected chi connectivity index (χ0v) is 15.1. The van der Waals surface area contributed by atoms with E-state index in [4.69, 9.17) is 9.51 Å². The summed E-state index contributed by atoms with van der Waals surface area (Å²) >= 11 is 0. The molecule has 0 bridgehead atoms. The molecule has 0 aliphatic rings. The minimum atomic E-state index is 0.818. The van der Waals surface area contributed by atoms with Crippen LogP contribution in [0.15, 0.2) is 28.9 Å². The summed E-state index contributed by atoms with van der Waals surface area (Å²) in [5.74, 6) is 1.71. The van der Waals surface area contributed by atoms with Crippen LogP contribution in [-0.4, -0.2) is 20.1 Å². The fourth-order valence-electron chi connectivity index (χ4n) is 3.57. The van der Waals surface area contributed by atoms with Crippen LogP contribution in [0.4, 0.5) is 0 Å². The first kappa shape index (κ1) is 15.6. The number of imidazole rings is 1. The zero-order valence-electron chi connectivity index (χ0n) is 15.1. The Labute approximate surface area is 146 Å². The number of aromatic nitrogens is 4. The molecular weight excluding hydrogens is 312 g/mol. The van der Waals surface area contributed by atoms with Gasteiger partial charge in [0.1, 0.15) is 11.6 Å². The van der Waals surface area contributed by atoms with E-state index in [1.807, 2.05) is 40.0 Å². The fourth-order valence-corrected chi connectivity index (χ4v) is 3.57. The molecule has 0 amide bonds. The molecule has 0 spiro atoms. The van der Waals surface area contributed by atoms with Gasteiger partial charge in [-0.2, -0.15) is 0 Å². The number of rotatable bonds is 2. The number of benzene rings is 1. The summed E-state index contributed by atoms with van der Waals surface area (Å²) in [7, 11) is 0. The molecular formula is C20H20N4O. The average molecular weight is 332 g/mol. The van der Waals surface area contributed by atoms with Crippen LogP contribution in [0.1, 0.15) is 28.5 Å². The Morgan fingerprint density at radius 1 is 0.960 bits per heavy atom. The zero-order chi connectivity index (χ0) is 17.7. The Bertz CT molecular complexity index is 1060. The SMILES string of the molecule is Cc1nc2c(-c3c(C)ccnc3C)cc(-c3c(C)noc3C)cc2[nH]1. The predicted octanol–water partition coefficient (Wildman–Crippen LogP) is 4.82. The van der Waals surface area contributed by atoms with Gasteiger partial charge in [-0.3, -0.25) is 4.98 Å². The first-order chi connectivity index (χ1) is 12.0. The predicted molar refractivity (Wildman–Crippen MR) is 98.5 cm³/mol. The average Bonchev–Trinajstić information content (AvgIpc) is 3.08.